The third-order valence-corrected chi connectivity index (χ3v) is 3.55. The topological polar surface area (TPSA) is 32.3 Å². The largest absolute Gasteiger partial charge is 0.394 e. The number of aryl methyl sites for hydroxylation is 1. The van der Waals surface area contributed by atoms with Crippen LogP contribution in [0.1, 0.15) is 30.4 Å². The first-order chi connectivity index (χ1) is 7.74. The minimum atomic E-state index is -0.0759. The molecule has 2 nitrogen and oxygen atoms in total. The Bertz CT molecular complexity index is 325. The second-order valence-corrected chi connectivity index (χ2v) is 4.98. The van der Waals surface area contributed by atoms with E-state index in [0.717, 1.165) is 19.4 Å². The molecule has 2 heteroatoms. The molecule has 16 heavy (non-hydrogen) atoms. The van der Waals surface area contributed by atoms with E-state index in [1.54, 1.807) is 0 Å². The molecule has 1 saturated heterocycles. The van der Waals surface area contributed by atoms with E-state index >= 15 is 0 Å². The van der Waals surface area contributed by atoms with Crippen LogP contribution in [-0.4, -0.2) is 23.8 Å². The van der Waals surface area contributed by atoms with Crippen LogP contribution in [0.25, 0.3) is 0 Å². The van der Waals surface area contributed by atoms with Crippen LogP contribution in [0.15, 0.2) is 24.3 Å². The smallest absolute Gasteiger partial charge is 0.0616 e. The zero-order chi connectivity index (χ0) is 11.4. The van der Waals surface area contributed by atoms with E-state index in [1.165, 1.54) is 24.0 Å². The molecule has 0 aliphatic carbocycles. The fraction of sp³-hybridized carbons (Fsp3) is 0.571. The highest BCUT2D eigenvalue weighted by atomic mass is 16.3. The maximum Gasteiger partial charge on any atom is 0.0616 e. The van der Waals surface area contributed by atoms with Crippen molar-refractivity contribution in [1.29, 1.82) is 0 Å². The van der Waals surface area contributed by atoms with Crippen molar-refractivity contribution >= 4 is 0 Å². The quantitative estimate of drug-likeness (QED) is 0.815. The number of hydrogen-bond acceptors (Lipinski definition) is 2. The molecule has 1 aromatic rings. The molecule has 1 heterocycles. The number of aliphatic hydroxyl groups is 1. The molecule has 1 unspecified atom stereocenters. The molecule has 88 valence electrons. The molecule has 1 fully saturated rings. The summed E-state index contributed by atoms with van der Waals surface area (Å²) in [5.41, 5.74) is 2.53. The molecule has 0 aromatic heterocycles. The van der Waals surface area contributed by atoms with Gasteiger partial charge in [0.05, 0.1) is 6.61 Å². The van der Waals surface area contributed by atoms with Crippen LogP contribution >= 0.6 is 0 Å². The first-order valence-electron chi connectivity index (χ1n) is 6.16. The number of aliphatic hydroxyl groups excluding tert-OH is 1. The molecule has 0 bridgehead atoms. The maximum absolute atomic E-state index is 9.59. The molecular formula is C14H21NO. The molecule has 1 aliphatic heterocycles. The van der Waals surface area contributed by atoms with Crippen LogP contribution in [0.4, 0.5) is 0 Å². The number of rotatable bonds is 3. The van der Waals surface area contributed by atoms with E-state index in [-0.39, 0.29) is 12.1 Å². The molecule has 0 spiro atoms. The van der Waals surface area contributed by atoms with Crippen LogP contribution < -0.4 is 5.32 Å². The molecule has 0 amide bonds. The summed E-state index contributed by atoms with van der Waals surface area (Å²) in [4.78, 5) is 0. The summed E-state index contributed by atoms with van der Waals surface area (Å²) in [6, 6.07) is 8.62. The van der Waals surface area contributed by atoms with Crippen molar-refractivity contribution in [3.05, 3.63) is 35.4 Å². The summed E-state index contributed by atoms with van der Waals surface area (Å²) in [6.45, 7) is 3.37. The Hall–Kier alpha value is -0.860. The predicted octanol–water partition coefficient (Wildman–Crippen LogP) is 2.04. The van der Waals surface area contributed by atoms with Crippen LogP contribution in [0.2, 0.25) is 0 Å². The zero-order valence-electron chi connectivity index (χ0n) is 10.00. The molecule has 1 aliphatic rings. The van der Waals surface area contributed by atoms with E-state index in [0.29, 0.717) is 0 Å². The van der Waals surface area contributed by atoms with Gasteiger partial charge in [0.1, 0.15) is 0 Å². The SMILES string of the molecule is Cc1ccc(CC2(CO)CCCCN2)cc1. The fourth-order valence-corrected chi connectivity index (χ4v) is 2.47. The van der Waals surface area contributed by atoms with E-state index in [2.05, 4.69) is 36.5 Å². The highest BCUT2D eigenvalue weighted by Crippen LogP contribution is 2.23. The van der Waals surface area contributed by atoms with Gasteiger partial charge in [-0.25, -0.2) is 0 Å². The maximum atomic E-state index is 9.59. The summed E-state index contributed by atoms with van der Waals surface area (Å²) in [6.07, 6.45) is 4.47. The van der Waals surface area contributed by atoms with Gasteiger partial charge in [-0.05, 0) is 38.3 Å². The van der Waals surface area contributed by atoms with E-state index in [9.17, 15) is 5.11 Å². The first kappa shape index (κ1) is 11.6. The average Bonchev–Trinajstić information content (AvgIpc) is 2.33. The molecule has 0 saturated carbocycles. The first-order valence-corrected chi connectivity index (χ1v) is 6.16. The van der Waals surface area contributed by atoms with Crippen molar-refractivity contribution in [3.63, 3.8) is 0 Å². The lowest BCUT2D eigenvalue weighted by atomic mass is 9.84. The van der Waals surface area contributed by atoms with Crippen LogP contribution in [0.3, 0.4) is 0 Å². The lowest BCUT2D eigenvalue weighted by molar-refractivity contribution is 0.131. The highest BCUT2D eigenvalue weighted by molar-refractivity contribution is 5.23. The van der Waals surface area contributed by atoms with Crippen LogP contribution in [0, 0.1) is 6.92 Å². The minimum absolute atomic E-state index is 0.0759. The van der Waals surface area contributed by atoms with Gasteiger partial charge in [0.2, 0.25) is 0 Å². The Kier molecular flexibility index (Phi) is 3.62. The molecule has 0 radical (unpaired) electrons. The van der Waals surface area contributed by atoms with Crippen molar-refractivity contribution in [2.75, 3.05) is 13.2 Å². The van der Waals surface area contributed by atoms with E-state index < -0.39 is 0 Å². The van der Waals surface area contributed by atoms with Crippen LogP contribution in [-0.2, 0) is 6.42 Å². The van der Waals surface area contributed by atoms with E-state index in [4.69, 9.17) is 0 Å². The monoisotopic (exact) mass is 219 g/mol. The van der Waals surface area contributed by atoms with Crippen molar-refractivity contribution in [2.45, 2.75) is 38.1 Å². The van der Waals surface area contributed by atoms with E-state index in [1.807, 2.05) is 0 Å². The van der Waals surface area contributed by atoms with Gasteiger partial charge in [0.15, 0.2) is 0 Å². The fourth-order valence-electron chi connectivity index (χ4n) is 2.47. The average molecular weight is 219 g/mol. The van der Waals surface area contributed by atoms with Gasteiger partial charge >= 0.3 is 0 Å². The van der Waals surface area contributed by atoms with Gasteiger partial charge in [0.25, 0.3) is 0 Å². The number of benzene rings is 1. The lowest BCUT2D eigenvalue weighted by Gasteiger charge is -2.37. The summed E-state index contributed by atoms with van der Waals surface area (Å²) in [7, 11) is 0. The Balaban J connectivity index is 2.08. The number of nitrogens with one attached hydrogen (secondary N) is 1. The summed E-state index contributed by atoms with van der Waals surface area (Å²) in [5.74, 6) is 0. The standard InChI is InChI=1S/C14H21NO/c1-12-4-6-13(7-5-12)10-14(11-16)8-2-3-9-15-14/h4-7,15-16H,2-3,8-11H2,1H3. The van der Waals surface area contributed by atoms with Gasteiger partial charge in [-0.3, -0.25) is 0 Å². The highest BCUT2D eigenvalue weighted by Gasteiger charge is 2.30. The molecular weight excluding hydrogens is 198 g/mol. The minimum Gasteiger partial charge on any atom is -0.394 e. The van der Waals surface area contributed by atoms with Crippen molar-refractivity contribution < 1.29 is 5.11 Å². The van der Waals surface area contributed by atoms with Gasteiger partial charge in [0, 0.05) is 5.54 Å². The zero-order valence-corrected chi connectivity index (χ0v) is 10.00. The number of piperidine rings is 1. The Morgan fingerprint density at radius 3 is 2.56 bits per heavy atom. The van der Waals surface area contributed by atoms with Crippen LogP contribution in [0.5, 0.6) is 0 Å². The summed E-state index contributed by atoms with van der Waals surface area (Å²) in [5, 5.41) is 13.1. The summed E-state index contributed by atoms with van der Waals surface area (Å²) < 4.78 is 0. The predicted molar refractivity (Wildman–Crippen MR) is 66.6 cm³/mol. The van der Waals surface area contributed by atoms with Gasteiger partial charge in [-0.15, -0.1) is 0 Å². The van der Waals surface area contributed by atoms with Gasteiger partial charge in [-0.2, -0.15) is 0 Å². The Labute approximate surface area is 97.7 Å². The summed E-state index contributed by atoms with van der Waals surface area (Å²) >= 11 is 0. The molecule has 1 atom stereocenters. The number of hydrogen-bond donors (Lipinski definition) is 2. The van der Waals surface area contributed by atoms with Gasteiger partial charge in [-0.1, -0.05) is 36.2 Å². The second-order valence-electron chi connectivity index (χ2n) is 4.98. The molecule has 2 rings (SSSR count). The Morgan fingerprint density at radius 2 is 2.00 bits per heavy atom. The lowest BCUT2D eigenvalue weighted by Crippen LogP contribution is -2.53. The van der Waals surface area contributed by atoms with Gasteiger partial charge < -0.3 is 10.4 Å². The Morgan fingerprint density at radius 1 is 1.25 bits per heavy atom. The van der Waals surface area contributed by atoms with Crippen molar-refractivity contribution in [3.8, 4) is 0 Å². The van der Waals surface area contributed by atoms with Crippen molar-refractivity contribution in [2.24, 2.45) is 0 Å². The third-order valence-electron chi connectivity index (χ3n) is 3.55. The second kappa shape index (κ2) is 4.98. The normalized spacial score (nSPS) is 25.6. The molecule has 2 N–H and O–H groups in total. The van der Waals surface area contributed by atoms with Crippen molar-refractivity contribution in [1.82, 2.24) is 5.32 Å². The molecule has 1 aromatic carbocycles. The third kappa shape index (κ3) is 2.63.